The van der Waals surface area contributed by atoms with E-state index in [2.05, 4.69) is 12.2 Å². The van der Waals surface area contributed by atoms with Gasteiger partial charge in [0.15, 0.2) is 11.6 Å². The fourth-order valence-corrected chi connectivity index (χ4v) is 3.58. The van der Waals surface area contributed by atoms with Crippen molar-refractivity contribution in [3.63, 3.8) is 0 Å². The number of hydrogen-bond acceptors (Lipinski definition) is 3. The van der Waals surface area contributed by atoms with Crippen LogP contribution >= 0.6 is 22.9 Å². The molecule has 1 atom stereocenters. The van der Waals surface area contributed by atoms with Gasteiger partial charge in [-0.1, -0.05) is 30.7 Å². The molecule has 0 saturated heterocycles. The molecule has 1 aromatic carbocycles. The van der Waals surface area contributed by atoms with Gasteiger partial charge in [0.05, 0.1) is 18.2 Å². The molecule has 0 fully saturated rings. The van der Waals surface area contributed by atoms with Crippen LogP contribution in [0.2, 0.25) is 5.02 Å². The monoisotopic (exact) mass is 327 g/mol. The van der Waals surface area contributed by atoms with E-state index in [-0.39, 0.29) is 17.6 Å². The molecule has 2 nitrogen and oxygen atoms in total. The van der Waals surface area contributed by atoms with Gasteiger partial charge in [-0.3, -0.25) is 0 Å². The molecule has 5 heteroatoms. The van der Waals surface area contributed by atoms with Gasteiger partial charge in [-0.15, -0.1) is 11.3 Å². The molecule has 1 heterocycles. The lowest BCUT2D eigenvalue weighted by molar-refractivity contribution is 0.381. The summed E-state index contributed by atoms with van der Waals surface area (Å²) in [6.07, 6.45) is 0.962. The molecule has 0 saturated carbocycles. The van der Waals surface area contributed by atoms with Crippen LogP contribution in [0.25, 0.3) is 0 Å². The molecule has 21 heavy (non-hydrogen) atoms. The van der Waals surface area contributed by atoms with Crippen LogP contribution in [0.4, 0.5) is 4.39 Å². The Hall–Kier alpha value is -1.10. The zero-order valence-electron chi connectivity index (χ0n) is 12.4. The standard InChI is InChI=1S/C16H19ClFNOS/c1-4-8-19-15(16-13(17)10(2)9-21-16)11-6-5-7-12(20-3)14(11)18/h5-7,9,15,19H,4,8H2,1-3H3. The third-order valence-electron chi connectivity index (χ3n) is 3.31. The van der Waals surface area contributed by atoms with Gasteiger partial charge in [0, 0.05) is 10.4 Å². The zero-order chi connectivity index (χ0) is 15.4. The van der Waals surface area contributed by atoms with Gasteiger partial charge in [0.2, 0.25) is 0 Å². The average Bonchev–Trinajstić information content (AvgIpc) is 2.81. The number of halogens is 2. The van der Waals surface area contributed by atoms with E-state index in [4.69, 9.17) is 16.3 Å². The molecule has 0 radical (unpaired) electrons. The Bertz CT molecular complexity index is 614. The van der Waals surface area contributed by atoms with Crippen LogP contribution in [0, 0.1) is 12.7 Å². The highest BCUT2D eigenvalue weighted by Gasteiger charge is 2.23. The second-order valence-corrected chi connectivity index (χ2v) is 6.14. The first kappa shape index (κ1) is 16.3. The van der Waals surface area contributed by atoms with Crippen molar-refractivity contribution in [3.8, 4) is 5.75 Å². The van der Waals surface area contributed by atoms with Crippen molar-refractivity contribution in [2.24, 2.45) is 0 Å². The number of ether oxygens (including phenoxy) is 1. The molecule has 2 rings (SSSR count). The van der Waals surface area contributed by atoms with Crippen molar-refractivity contribution in [1.29, 1.82) is 0 Å². The lowest BCUT2D eigenvalue weighted by Crippen LogP contribution is -2.23. The second kappa shape index (κ2) is 7.25. The summed E-state index contributed by atoms with van der Waals surface area (Å²) in [5.74, 6) is -0.0871. The smallest absolute Gasteiger partial charge is 0.170 e. The van der Waals surface area contributed by atoms with Gasteiger partial charge in [0.25, 0.3) is 0 Å². The lowest BCUT2D eigenvalue weighted by atomic mass is 10.0. The number of methoxy groups -OCH3 is 1. The first-order valence-corrected chi connectivity index (χ1v) is 8.15. The van der Waals surface area contributed by atoms with Gasteiger partial charge in [-0.2, -0.15) is 0 Å². The molecule has 0 aliphatic heterocycles. The SMILES string of the molecule is CCCNC(c1cccc(OC)c1F)c1scc(C)c1Cl. The molecule has 0 spiro atoms. The molecule has 0 aliphatic carbocycles. The minimum Gasteiger partial charge on any atom is -0.494 e. The highest BCUT2D eigenvalue weighted by Crippen LogP contribution is 2.37. The Kier molecular flexibility index (Phi) is 5.62. The fourth-order valence-electron chi connectivity index (χ4n) is 2.19. The van der Waals surface area contributed by atoms with Gasteiger partial charge >= 0.3 is 0 Å². The van der Waals surface area contributed by atoms with E-state index in [9.17, 15) is 4.39 Å². The van der Waals surface area contributed by atoms with E-state index < -0.39 is 0 Å². The maximum atomic E-state index is 14.6. The predicted octanol–water partition coefficient (Wildman–Crippen LogP) is 4.95. The van der Waals surface area contributed by atoms with E-state index in [1.807, 2.05) is 12.3 Å². The average molecular weight is 328 g/mol. The van der Waals surface area contributed by atoms with E-state index in [1.165, 1.54) is 7.11 Å². The van der Waals surface area contributed by atoms with Crippen molar-refractivity contribution >= 4 is 22.9 Å². The van der Waals surface area contributed by atoms with Gasteiger partial charge in [0.1, 0.15) is 0 Å². The third kappa shape index (κ3) is 3.39. The van der Waals surface area contributed by atoms with Crippen LogP contribution in [0.1, 0.15) is 35.4 Å². The summed E-state index contributed by atoms with van der Waals surface area (Å²) >= 11 is 7.92. The Balaban J connectivity index is 2.48. The number of rotatable bonds is 6. The van der Waals surface area contributed by atoms with Crippen molar-refractivity contribution < 1.29 is 9.13 Å². The number of thiophene rings is 1. The first-order chi connectivity index (χ1) is 10.1. The van der Waals surface area contributed by atoms with Crippen LogP contribution < -0.4 is 10.1 Å². The van der Waals surface area contributed by atoms with Crippen LogP contribution in [0.15, 0.2) is 23.6 Å². The molecular formula is C16H19ClFNOS. The number of hydrogen-bond donors (Lipinski definition) is 1. The van der Waals surface area contributed by atoms with Crippen molar-refractivity contribution in [2.75, 3.05) is 13.7 Å². The molecule has 1 aromatic heterocycles. The molecular weight excluding hydrogens is 309 g/mol. The highest BCUT2D eigenvalue weighted by atomic mass is 35.5. The highest BCUT2D eigenvalue weighted by molar-refractivity contribution is 7.10. The van der Waals surface area contributed by atoms with E-state index in [0.717, 1.165) is 23.4 Å². The Morgan fingerprint density at radius 1 is 1.43 bits per heavy atom. The summed E-state index contributed by atoms with van der Waals surface area (Å²) in [6.45, 7) is 4.82. The fraction of sp³-hybridized carbons (Fsp3) is 0.375. The summed E-state index contributed by atoms with van der Waals surface area (Å²) in [5.41, 5.74) is 1.58. The van der Waals surface area contributed by atoms with Crippen molar-refractivity contribution in [2.45, 2.75) is 26.3 Å². The largest absolute Gasteiger partial charge is 0.494 e. The minimum atomic E-state index is -0.337. The van der Waals surface area contributed by atoms with Crippen molar-refractivity contribution in [3.05, 3.63) is 50.4 Å². The summed E-state index contributed by atoms with van der Waals surface area (Å²) in [6, 6.07) is 4.94. The normalized spacial score (nSPS) is 12.4. The Morgan fingerprint density at radius 2 is 2.19 bits per heavy atom. The molecule has 1 N–H and O–H groups in total. The molecule has 0 amide bonds. The number of aryl methyl sites for hydroxylation is 1. The summed E-state index contributed by atoms with van der Waals surface area (Å²) in [4.78, 5) is 0.940. The maximum Gasteiger partial charge on any atom is 0.170 e. The number of nitrogens with one attached hydrogen (secondary N) is 1. The maximum absolute atomic E-state index is 14.6. The van der Waals surface area contributed by atoms with Gasteiger partial charge in [-0.25, -0.2) is 4.39 Å². The minimum absolute atomic E-state index is 0.250. The van der Waals surface area contributed by atoms with Crippen molar-refractivity contribution in [1.82, 2.24) is 5.32 Å². The second-order valence-electron chi connectivity index (χ2n) is 4.85. The van der Waals surface area contributed by atoms with E-state index in [1.54, 1.807) is 29.5 Å². The quantitative estimate of drug-likeness (QED) is 0.810. The zero-order valence-corrected chi connectivity index (χ0v) is 13.9. The molecule has 0 aliphatic rings. The van der Waals surface area contributed by atoms with Crippen LogP contribution in [-0.2, 0) is 0 Å². The van der Waals surface area contributed by atoms with E-state index >= 15 is 0 Å². The van der Waals surface area contributed by atoms with Gasteiger partial charge in [-0.05, 0) is 36.9 Å². The molecule has 114 valence electrons. The Labute approximate surface area is 133 Å². The molecule has 1 unspecified atom stereocenters. The summed E-state index contributed by atoms with van der Waals surface area (Å²) in [5, 5.41) is 6.08. The topological polar surface area (TPSA) is 21.3 Å². The number of benzene rings is 1. The van der Waals surface area contributed by atoms with Crippen LogP contribution in [0.3, 0.4) is 0 Å². The molecule has 2 aromatic rings. The summed E-state index contributed by atoms with van der Waals surface area (Å²) in [7, 11) is 1.47. The van der Waals surface area contributed by atoms with Crippen LogP contribution in [-0.4, -0.2) is 13.7 Å². The van der Waals surface area contributed by atoms with E-state index in [0.29, 0.717) is 10.6 Å². The lowest BCUT2D eigenvalue weighted by Gasteiger charge is -2.20. The third-order valence-corrected chi connectivity index (χ3v) is 5.09. The van der Waals surface area contributed by atoms with Gasteiger partial charge < -0.3 is 10.1 Å². The molecule has 0 bridgehead atoms. The predicted molar refractivity (Wildman–Crippen MR) is 87.2 cm³/mol. The first-order valence-electron chi connectivity index (χ1n) is 6.89. The van der Waals surface area contributed by atoms with Crippen LogP contribution in [0.5, 0.6) is 5.75 Å². The Morgan fingerprint density at radius 3 is 2.76 bits per heavy atom. The summed E-state index contributed by atoms with van der Waals surface area (Å²) < 4.78 is 19.7.